The lowest BCUT2D eigenvalue weighted by Crippen LogP contribution is -2.22. The number of primary sulfonamides is 1. The first kappa shape index (κ1) is 13.3. The summed E-state index contributed by atoms with van der Waals surface area (Å²) in [6, 6.07) is 1.89. The van der Waals surface area contributed by atoms with E-state index in [-0.39, 0.29) is 22.5 Å². The highest BCUT2D eigenvalue weighted by atomic mass is 79.9. The van der Waals surface area contributed by atoms with Crippen LogP contribution in [0.15, 0.2) is 16.6 Å². The van der Waals surface area contributed by atoms with Gasteiger partial charge in [0.25, 0.3) is 0 Å². The number of anilines is 1. The van der Waals surface area contributed by atoms with Crippen LogP contribution in [0.2, 0.25) is 0 Å². The van der Waals surface area contributed by atoms with Crippen molar-refractivity contribution < 1.29 is 17.2 Å². The summed E-state index contributed by atoms with van der Waals surface area (Å²) in [6.07, 6.45) is 0. The fraction of sp³-hybridized carbons (Fsp3) is 0.250. The maximum Gasteiger partial charge on any atom is 0.210 e. The van der Waals surface area contributed by atoms with Crippen molar-refractivity contribution in [2.24, 2.45) is 5.14 Å². The molecule has 0 aliphatic rings. The van der Waals surface area contributed by atoms with Crippen molar-refractivity contribution in [1.29, 1.82) is 0 Å². The molecule has 0 amide bonds. The van der Waals surface area contributed by atoms with Crippen LogP contribution in [0.25, 0.3) is 0 Å². The van der Waals surface area contributed by atoms with Crippen molar-refractivity contribution in [3.8, 4) is 0 Å². The summed E-state index contributed by atoms with van der Waals surface area (Å²) >= 11 is 2.82. The maximum atomic E-state index is 13.2. The third kappa shape index (κ3) is 4.03. The normalized spacial score (nSPS) is 11.5. The first-order chi connectivity index (χ1) is 7.29. The first-order valence-corrected chi connectivity index (χ1v) is 6.69. The van der Waals surface area contributed by atoms with Crippen LogP contribution in [-0.4, -0.2) is 20.7 Å². The third-order valence-electron chi connectivity index (χ3n) is 1.71. The summed E-state index contributed by atoms with van der Waals surface area (Å²) in [5, 5.41) is 7.19. The molecule has 1 aromatic carbocycles. The lowest BCUT2D eigenvalue weighted by atomic mass is 10.3. The van der Waals surface area contributed by atoms with Crippen molar-refractivity contribution >= 4 is 31.6 Å². The molecule has 0 aliphatic heterocycles. The molecule has 4 nitrogen and oxygen atoms in total. The van der Waals surface area contributed by atoms with Gasteiger partial charge in [-0.1, -0.05) is 0 Å². The Hall–Kier alpha value is -0.730. The topological polar surface area (TPSA) is 72.2 Å². The highest BCUT2D eigenvalue weighted by molar-refractivity contribution is 9.10. The predicted molar refractivity (Wildman–Crippen MR) is 60.5 cm³/mol. The van der Waals surface area contributed by atoms with E-state index in [1.807, 2.05) is 0 Å². The van der Waals surface area contributed by atoms with E-state index in [4.69, 9.17) is 5.14 Å². The predicted octanol–water partition coefficient (Wildman–Crippen LogP) is 1.43. The maximum absolute atomic E-state index is 13.2. The van der Waals surface area contributed by atoms with Gasteiger partial charge >= 0.3 is 0 Å². The second kappa shape index (κ2) is 5.07. The molecule has 3 N–H and O–H groups in total. The molecule has 0 bridgehead atoms. The fourth-order valence-corrected chi connectivity index (χ4v) is 1.69. The zero-order valence-electron chi connectivity index (χ0n) is 8.00. The van der Waals surface area contributed by atoms with Gasteiger partial charge in [-0.2, -0.15) is 0 Å². The van der Waals surface area contributed by atoms with E-state index in [2.05, 4.69) is 21.2 Å². The van der Waals surface area contributed by atoms with Crippen LogP contribution in [0, 0.1) is 11.6 Å². The van der Waals surface area contributed by atoms with Crippen LogP contribution in [-0.2, 0) is 10.0 Å². The van der Waals surface area contributed by atoms with Gasteiger partial charge in [0.05, 0.1) is 15.9 Å². The van der Waals surface area contributed by atoms with E-state index in [1.165, 1.54) is 0 Å². The zero-order valence-corrected chi connectivity index (χ0v) is 10.4. The minimum atomic E-state index is -3.61. The zero-order chi connectivity index (χ0) is 12.3. The molecular weight excluding hydrogens is 306 g/mol. The van der Waals surface area contributed by atoms with Crippen molar-refractivity contribution in [2.45, 2.75) is 0 Å². The SMILES string of the molecule is NS(=O)(=O)CCNc1cc(F)c(Br)cc1F. The number of benzene rings is 1. The molecule has 0 spiro atoms. The molecule has 0 fully saturated rings. The van der Waals surface area contributed by atoms with Gasteiger partial charge in [-0.15, -0.1) is 0 Å². The molecule has 0 saturated carbocycles. The van der Waals surface area contributed by atoms with Crippen LogP contribution in [0.5, 0.6) is 0 Å². The summed E-state index contributed by atoms with van der Waals surface area (Å²) in [5.41, 5.74) is -0.107. The molecule has 0 unspecified atom stereocenters. The third-order valence-corrected chi connectivity index (χ3v) is 3.09. The van der Waals surface area contributed by atoms with Crippen molar-refractivity contribution in [3.05, 3.63) is 28.2 Å². The number of rotatable bonds is 4. The number of nitrogens with one attached hydrogen (secondary N) is 1. The van der Waals surface area contributed by atoms with Gasteiger partial charge in [-0.25, -0.2) is 22.3 Å². The standard InChI is InChI=1S/C8H9BrF2N2O2S/c9-5-3-7(11)8(4-6(5)10)13-1-2-16(12,14)15/h3-4,13H,1-2H2,(H2,12,14,15). The second-order valence-corrected chi connectivity index (χ2v) is 5.63. The number of hydrogen-bond acceptors (Lipinski definition) is 3. The molecular formula is C8H9BrF2N2O2S. The van der Waals surface area contributed by atoms with Gasteiger partial charge in [0.1, 0.15) is 11.6 Å². The van der Waals surface area contributed by atoms with Crippen LogP contribution in [0.4, 0.5) is 14.5 Å². The Morgan fingerprint density at radius 3 is 2.50 bits per heavy atom. The smallest absolute Gasteiger partial charge is 0.210 e. The van der Waals surface area contributed by atoms with Gasteiger partial charge in [-0.3, -0.25) is 0 Å². The molecule has 0 saturated heterocycles. The quantitative estimate of drug-likeness (QED) is 0.826. The first-order valence-electron chi connectivity index (χ1n) is 4.18. The second-order valence-electron chi connectivity index (χ2n) is 3.04. The van der Waals surface area contributed by atoms with Gasteiger partial charge in [-0.05, 0) is 22.0 Å². The van der Waals surface area contributed by atoms with Gasteiger partial charge in [0.15, 0.2) is 0 Å². The molecule has 1 aromatic rings. The highest BCUT2D eigenvalue weighted by Crippen LogP contribution is 2.23. The Morgan fingerprint density at radius 1 is 1.31 bits per heavy atom. The van der Waals surface area contributed by atoms with Crippen molar-refractivity contribution in [3.63, 3.8) is 0 Å². The van der Waals surface area contributed by atoms with Gasteiger partial charge in [0.2, 0.25) is 10.0 Å². The largest absolute Gasteiger partial charge is 0.382 e. The van der Waals surface area contributed by atoms with Gasteiger partial charge < -0.3 is 5.32 Å². The molecule has 16 heavy (non-hydrogen) atoms. The number of sulfonamides is 1. The van der Waals surface area contributed by atoms with E-state index in [0.29, 0.717) is 0 Å². The minimum absolute atomic E-state index is 0.00185. The average molecular weight is 315 g/mol. The van der Waals surface area contributed by atoms with E-state index < -0.39 is 21.7 Å². The molecule has 0 atom stereocenters. The van der Waals surface area contributed by atoms with Crippen molar-refractivity contribution in [2.75, 3.05) is 17.6 Å². The molecule has 0 aliphatic carbocycles. The van der Waals surface area contributed by atoms with E-state index in [0.717, 1.165) is 12.1 Å². The summed E-state index contributed by atoms with van der Waals surface area (Å²) in [5.74, 6) is -1.67. The summed E-state index contributed by atoms with van der Waals surface area (Å²) in [6.45, 7) is -0.0865. The lowest BCUT2D eigenvalue weighted by Gasteiger charge is -2.07. The highest BCUT2D eigenvalue weighted by Gasteiger charge is 2.09. The Labute approximate surface area is 100 Å². The Morgan fingerprint density at radius 2 is 1.94 bits per heavy atom. The van der Waals surface area contributed by atoms with E-state index in [9.17, 15) is 17.2 Å². The molecule has 0 heterocycles. The monoisotopic (exact) mass is 314 g/mol. The summed E-state index contributed by atoms with van der Waals surface area (Å²) in [4.78, 5) is 0. The van der Waals surface area contributed by atoms with Crippen molar-refractivity contribution in [1.82, 2.24) is 0 Å². The Kier molecular flexibility index (Phi) is 4.22. The number of halogens is 3. The average Bonchev–Trinajstić information content (AvgIpc) is 2.11. The van der Waals surface area contributed by atoms with Crippen LogP contribution < -0.4 is 10.5 Å². The summed E-state index contributed by atoms with van der Waals surface area (Å²) < 4.78 is 47.4. The van der Waals surface area contributed by atoms with E-state index >= 15 is 0 Å². The minimum Gasteiger partial charge on any atom is -0.382 e. The molecule has 1 rings (SSSR count). The summed E-state index contributed by atoms with van der Waals surface area (Å²) in [7, 11) is -3.61. The van der Waals surface area contributed by atoms with Gasteiger partial charge in [0, 0.05) is 12.6 Å². The fourth-order valence-electron chi connectivity index (χ4n) is 0.986. The Balaban J connectivity index is 2.71. The van der Waals surface area contributed by atoms with Crippen LogP contribution >= 0.6 is 15.9 Å². The van der Waals surface area contributed by atoms with Crippen LogP contribution in [0.3, 0.4) is 0 Å². The lowest BCUT2D eigenvalue weighted by molar-refractivity contribution is 0.594. The molecule has 90 valence electrons. The molecule has 0 radical (unpaired) electrons. The van der Waals surface area contributed by atoms with E-state index in [1.54, 1.807) is 0 Å². The molecule has 8 heteroatoms. The molecule has 0 aromatic heterocycles. The van der Waals surface area contributed by atoms with Crippen LogP contribution in [0.1, 0.15) is 0 Å². The number of nitrogens with two attached hydrogens (primary N) is 1. The number of hydrogen-bond donors (Lipinski definition) is 2. The Bertz CT molecular complexity index is 493.